The van der Waals surface area contributed by atoms with Crippen LogP contribution in [-0.4, -0.2) is 53.9 Å². The average Bonchev–Trinajstić information content (AvgIpc) is 2.96. The molecule has 3 aromatic rings. The lowest BCUT2D eigenvalue weighted by Crippen LogP contribution is -2.43. The Kier molecular flexibility index (Phi) is 8.30. The summed E-state index contributed by atoms with van der Waals surface area (Å²) in [4.78, 5) is 22.3. The molecule has 5 nitrogen and oxygen atoms in total. The summed E-state index contributed by atoms with van der Waals surface area (Å²) in [6, 6.07) is 11.7. The number of pyridine rings is 1. The third-order valence-corrected chi connectivity index (χ3v) is 7.88. The Hall–Kier alpha value is -3.93. The Morgan fingerprint density at radius 3 is 2.61 bits per heavy atom. The molecule has 41 heavy (non-hydrogen) atoms. The maximum absolute atomic E-state index is 13.8. The van der Waals surface area contributed by atoms with E-state index in [0.29, 0.717) is 30.5 Å². The Morgan fingerprint density at radius 1 is 1.07 bits per heavy atom. The maximum atomic E-state index is 13.8. The Bertz CT molecular complexity index is 1550. The van der Waals surface area contributed by atoms with Gasteiger partial charge in [-0.2, -0.15) is 13.2 Å². The smallest absolute Gasteiger partial charge is 0.325 e. The van der Waals surface area contributed by atoms with E-state index in [1.54, 1.807) is 18.5 Å². The average molecular weight is 559 g/mol. The highest BCUT2D eigenvalue weighted by atomic mass is 19.4. The number of hydrogen-bond acceptors (Lipinski definition) is 4. The standard InChI is InChI=1S/C33H33F3N4O/c1-3-32(12-6-7-24(20-32)10-11-27-22-37-21-26-8-4-5-9-30(26)27)31(41)38-29-18-25(17-28(19-29)33(34,35)36)23-40-15-13-39(2)14-16-40/h4-9,17-22H,3,12-16,23H2,1-2H3,(H,38,41). The van der Waals surface area contributed by atoms with E-state index >= 15 is 0 Å². The van der Waals surface area contributed by atoms with Crippen LogP contribution in [-0.2, 0) is 17.5 Å². The lowest BCUT2D eigenvalue weighted by Gasteiger charge is -2.32. The topological polar surface area (TPSA) is 48.5 Å². The lowest BCUT2D eigenvalue weighted by atomic mass is 9.76. The van der Waals surface area contributed by atoms with Crippen LogP contribution in [0.25, 0.3) is 10.8 Å². The molecule has 2 aromatic carbocycles. The van der Waals surface area contributed by atoms with Gasteiger partial charge >= 0.3 is 6.18 Å². The van der Waals surface area contributed by atoms with E-state index in [4.69, 9.17) is 0 Å². The number of alkyl halides is 3. The SMILES string of the molecule is CCC1(C(=O)Nc2cc(CN3CCN(C)CC3)cc(C(F)(F)F)c2)C=C(C#Cc2cncc3ccccc23)C=CC1. The van der Waals surface area contributed by atoms with E-state index < -0.39 is 17.2 Å². The molecule has 0 saturated carbocycles. The van der Waals surface area contributed by atoms with Gasteiger partial charge in [-0.3, -0.25) is 14.7 Å². The van der Waals surface area contributed by atoms with E-state index in [1.807, 2.05) is 56.5 Å². The van der Waals surface area contributed by atoms with E-state index in [0.717, 1.165) is 48.6 Å². The minimum absolute atomic E-state index is 0.152. The summed E-state index contributed by atoms with van der Waals surface area (Å²) in [6.07, 6.45) is 5.51. The van der Waals surface area contributed by atoms with Crippen molar-refractivity contribution in [2.45, 2.75) is 32.5 Å². The lowest BCUT2D eigenvalue weighted by molar-refractivity contribution is -0.137. The first-order valence-corrected chi connectivity index (χ1v) is 13.8. The molecule has 1 unspecified atom stereocenters. The highest BCUT2D eigenvalue weighted by Crippen LogP contribution is 2.37. The molecule has 0 radical (unpaired) electrons. The molecule has 2 heterocycles. The molecule has 8 heteroatoms. The van der Waals surface area contributed by atoms with Gasteiger partial charge in [0.2, 0.25) is 5.91 Å². The van der Waals surface area contributed by atoms with Crippen LogP contribution in [0.3, 0.4) is 0 Å². The van der Waals surface area contributed by atoms with Crippen molar-refractivity contribution in [2.75, 3.05) is 38.5 Å². The molecule has 1 saturated heterocycles. The summed E-state index contributed by atoms with van der Waals surface area (Å²) in [6.45, 7) is 5.59. The summed E-state index contributed by atoms with van der Waals surface area (Å²) in [7, 11) is 2.03. The number of fused-ring (bicyclic) bond motifs is 1. The summed E-state index contributed by atoms with van der Waals surface area (Å²) < 4.78 is 41.4. The van der Waals surface area contributed by atoms with Gasteiger partial charge in [0.05, 0.1) is 16.5 Å². The van der Waals surface area contributed by atoms with Crippen molar-refractivity contribution in [3.05, 3.63) is 95.3 Å². The molecule has 1 atom stereocenters. The number of carbonyl (C=O) groups is 1. The third kappa shape index (κ3) is 6.70. The van der Waals surface area contributed by atoms with Crippen LogP contribution < -0.4 is 5.32 Å². The van der Waals surface area contributed by atoms with Crippen LogP contribution in [0.5, 0.6) is 0 Å². The molecule has 1 aliphatic carbocycles. The van der Waals surface area contributed by atoms with Crippen molar-refractivity contribution < 1.29 is 18.0 Å². The first kappa shape index (κ1) is 28.6. The third-order valence-electron chi connectivity index (χ3n) is 7.88. The predicted molar refractivity (Wildman–Crippen MR) is 156 cm³/mol. The highest BCUT2D eigenvalue weighted by molar-refractivity contribution is 5.97. The van der Waals surface area contributed by atoms with Crippen LogP contribution >= 0.6 is 0 Å². The van der Waals surface area contributed by atoms with Gasteiger partial charge in [-0.15, -0.1) is 0 Å². The molecule has 212 valence electrons. The van der Waals surface area contributed by atoms with Gasteiger partial charge in [0.1, 0.15) is 0 Å². The molecule has 1 fully saturated rings. The molecule has 1 amide bonds. The zero-order valence-electron chi connectivity index (χ0n) is 23.3. The number of nitrogens with one attached hydrogen (secondary N) is 1. The van der Waals surface area contributed by atoms with Crippen molar-refractivity contribution in [3.63, 3.8) is 0 Å². The van der Waals surface area contributed by atoms with Crippen LogP contribution in [0.15, 0.2) is 78.7 Å². The Balaban J connectivity index is 1.40. The number of carbonyl (C=O) groups excluding carboxylic acids is 1. The Labute approximate surface area is 238 Å². The van der Waals surface area contributed by atoms with E-state index in [1.165, 1.54) is 6.07 Å². The zero-order chi connectivity index (χ0) is 29.0. The van der Waals surface area contributed by atoms with Crippen LogP contribution in [0.4, 0.5) is 18.9 Å². The second-order valence-electron chi connectivity index (χ2n) is 10.8. The fourth-order valence-electron chi connectivity index (χ4n) is 5.34. The van der Waals surface area contributed by atoms with Gasteiger partial charge in [-0.25, -0.2) is 0 Å². The number of hydrogen-bond donors (Lipinski definition) is 1. The van der Waals surface area contributed by atoms with Crippen molar-refractivity contribution in [2.24, 2.45) is 5.41 Å². The van der Waals surface area contributed by atoms with Crippen LogP contribution in [0, 0.1) is 17.3 Å². The quantitative estimate of drug-likeness (QED) is 0.375. The van der Waals surface area contributed by atoms with Crippen molar-refractivity contribution in [1.29, 1.82) is 0 Å². The molecule has 1 N–H and O–H groups in total. The number of piperazine rings is 1. The molecular formula is C33H33F3N4O. The molecule has 2 aliphatic rings. The van der Waals surface area contributed by atoms with Gasteiger partial charge in [-0.1, -0.05) is 61.3 Å². The number of likely N-dealkylation sites (N-methyl/N-ethyl adjacent to an activating group) is 1. The minimum atomic E-state index is -4.52. The van der Waals surface area contributed by atoms with E-state index in [2.05, 4.69) is 31.9 Å². The zero-order valence-corrected chi connectivity index (χ0v) is 23.3. The second-order valence-corrected chi connectivity index (χ2v) is 10.8. The Morgan fingerprint density at radius 2 is 1.85 bits per heavy atom. The molecule has 0 spiro atoms. The predicted octanol–water partition coefficient (Wildman–Crippen LogP) is 6.27. The number of rotatable bonds is 5. The van der Waals surface area contributed by atoms with E-state index in [-0.39, 0.29) is 11.6 Å². The fraction of sp³-hybridized carbons (Fsp3) is 0.333. The number of allylic oxidation sites excluding steroid dienone is 3. The van der Waals surface area contributed by atoms with Crippen LogP contribution in [0.2, 0.25) is 0 Å². The summed E-state index contributed by atoms with van der Waals surface area (Å²) in [5.74, 6) is 6.01. The van der Waals surface area contributed by atoms with Crippen LogP contribution in [0.1, 0.15) is 36.5 Å². The van der Waals surface area contributed by atoms with Crippen molar-refractivity contribution in [1.82, 2.24) is 14.8 Å². The molecule has 1 aliphatic heterocycles. The maximum Gasteiger partial charge on any atom is 0.416 e. The van der Waals surface area contributed by atoms with Gasteiger partial charge in [0.25, 0.3) is 0 Å². The largest absolute Gasteiger partial charge is 0.416 e. The van der Waals surface area contributed by atoms with Gasteiger partial charge in [0, 0.05) is 67.2 Å². The number of benzene rings is 2. The molecule has 1 aromatic heterocycles. The first-order chi connectivity index (χ1) is 19.6. The van der Waals surface area contributed by atoms with Crippen molar-refractivity contribution in [3.8, 4) is 11.8 Å². The molecule has 5 rings (SSSR count). The monoisotopic (exact) mass is 558 g/mol. The summed E-state index contributed by atoms with van der Waals surface area (Å²) in [5.41, 5.74) is 0.451. The number of aromatic nitrogens is 1. The second kappa shape index (κ2) is 11.9. The number of anilines is 1. The number of halogens is 3. The normalized spacial score (nSPS) is 19.9. The number of nitrogens with zero attached hydrogens (tertiary/aromatic N) is 3. The van der Waals surface area contributed by atoms with Gasteiger partial charge in [0.15, 0.2) is 0 Å². The van der Waals surface area contributed by atoms with Gasteiger partial charge in [-0.05, 0) is 43.7 Å². The summed E-state index contributed by atoms with van der Waals surface area (Å²) in [5, 5.41) is 4.80. The molecule has 0 bridgehead atoms. The summed E-state index contributed by atoms with van der Waals surface area (Å²) >= 11 is 0. The fourth-order valence-corrected chi connectivity index (χ4v) is 5.34. The van der Waals surface area contributed by atoms with E-state index in [9.17, 15) is 18.0 Å². The highest BCUT2D eigenvalue weighted by Gasteiger charge is 2.36. The molecular weight excluding hydrogens is 525 g/mol. The van der Waals surface area contributed by atoms with Crippen molar-refractivity contribution >= 4 is 22.4 Å². The minimum Gasteiger partial charge on any atom is -0.325 e. The number of amides is 1. The first-order valence-electron chi connectivity index (χ1n) is 13.8. The van der Waals surface area contributed by atoms with Gasteiger partial charge < -0.3 is 10.2 Å².